The number of nitrogens with one attached hydrogen (secondary N) is 1. The van der Waals surface area contributed by atoms with E-state index in [-0.39, 0.29) is 11.6 Å². The van der Waals surface area contributed by atoms with Crippen molar-refractivity contribution in [3.63, 3.8) is 0 Å². The van der Waals surface area contributed by atoms with E-state index in [2.05, 4.69) is 25.8 Å². The summed E-state index contributed by atoms with van der Waals surface area (Å²) in [5.41, 5.74) is -1.35. The van der Waals surface area contributed by atoms with E-state index in [4.69, 9.17) is 18.6 Å². The SMILES string of the molecule is CC(=O)O[C@@H]1[C@H](OC(C)=O)[C@@H](CO[Si](c2ccccc2)(c2ccccc2)C(C)(C)C)O[C@H]1n1ccc(=O)[nH]c1=O. The Kier molecular flexibility index (Phi) is 8.57. The summed E-state index contributed by atoms with van der Waals surface area (Å²) in [6, 6.07) is 21.1. The van der Waals surface area contributed by atoms with Gasteiger partial charge in [0, 0.05) is 26.1 Å². The number of esters is 2. The van der Waals surface area contributed by atoms with E-state index < -0.39 is 56.0 Å². The molecule has 1 aromatic heterocycles. The van der Waals surface area contributed by atoms with Gasteiger partial charge in [0.1, 0.15) is 6.10 Å². The van der Waals surface area contributed by atoms with Crippen LogP contribution >= 0.6 is 0 Å². The van der Waals surface area contributed by atoms with Gasteiger partial charge in [-0.25, -0.2) is 4.79 Å². The molecular formula is C29H34N2O8Si. The predicted molar refractivity (Wildman–Crippen MR) is 150 cm³/mol. The molecule has 1 aliphatic heterocycles. The Morgan fingerprint density at radius 2 is 1.40 bits per heavy atom. The second-order valence-corrected chi connectivity index (χ2v) is 15.0. The third kappa shape index (κ3) is 5.86. The molecule has 11 heteroatoms. The number of hydrogen-bond donors (Lipinski definition) is 1. The van der Waals surface area contributed by atoms with Gasteiger partial charge in [0.2, 0.25) is 0 Å². The lowest BCUT2D eigenvalue weighted by atomic mass is 10.1. The summed E-state index contributed by atoms with van der Waals surface area (Å²) in [5.74, 6) is -1.27. The molecule has 0 unspecified atom stereocenters. The minimum Gasteiger partial charge on any atom is -0.456 e. The van der Waals surface area contributed by atoms with Gasteiger partial charge < -0.3 is 18.6 Å². The van der Waals surface area contributed by atoms with Crippen LogP contribution in [0.4, 0.5) is 0 Å². The third-order valence-electron chi connectivity index (χ3n) is 6.90. The van der Waals surface area contributed by atoms with E-state index >= 15 is 0 Å². The molecule has 0 saturated carbocycles. The zero-order chi connectivity index (χ0) is 29.1. The Morgan fingerprint density at radius 1 is 0.875 bits per heavy atom. The Labute approximate surface area is 233 Å². The van der Waals surface area contributed by atoms with Crippen LogP contribution in [0.3, 0.4) is 0 Å². The maximum Gasteiger partial charge on any atom is 0.330 e. The minimum absolute atomic E-state index is 0.0302. The number of nitrogens with zero attached hydrogens (tertiary/aromatic N) is 1. The highest BCUT2D eigenvalue weighted by Crippen LogP contribution is 2.39. The molecule has 0 spiro atoms. The summed E-state index contributed by atoms with van der Waals surface area (Å²) in [4.78, 5) is 50.8. The number of carbonyl (C=O) groups excluding carboxylic acids is 2. The average molecular weight is 567 g/mol. The van der Waals surface area contributed by atoms with Crippen molar-refractivity contribution >= 4 is 30.6 Å². The van der Waals surface area contributed by atoms with Crippen LogP contribution in [0.2, 0.25) is 5.04 Å². The Hall–Kier alpha value is -3.80. The predicted octanol–water partition coefficient (Wildman–Crippen LogP) is 1.87. The molecule has 212 valence electrons. The van der Waals surface area contributed by atoms with Crippen LogP contribution in [0.1, 0.15) is 40.8 Å². The highest BCUT2D eigenvalue weighted by molar-refractivity contribution is 6.99. The number of ether oxygens (including phenoxy) is 3. The van der Waals surface area contributed by atoms with E-state index in [0.29, 0.717) is 0 Å². The third-order valence-corrected chi connectivity index (χ3v) is 11.9. The number of rotatable bonds is 8. The van der Waals surface area contributed by atoms with Crippen molar-refractivity contribution in [2.75, 3.05) is 6.61 Å². The molecular weight excluding hydrogens is 532 g/mol. The maximum atomic E-state index is 12.7. The van der Waals surface area contributed by atoms with Crippen LogP contribution in [0.25, 0.3) is 0 Å². The Morgan fingerprint density at radius 3 is 1.88 bits per heavy atom. The van der Waals surface area contributed by atoms with E-state index in [0.717, 1.165) is 21.0 Å². The van der Waals surface area contributed by atoms with Gasteiger partial charge in [-0.15, -0.1) is 0 Å². The van der Waals surface area contributed by atoms with E-state index in [1.165, 1.54) is 20.0 Å². The molecule has 2 heterocycles. The second kappa shape index (κ2) is 11.7. The fourth-order valence-corrected chi connectivity index (χ4v) is 9.88. The van der Waals surface area contributed by atoms with Crippen molar-refractivity contribution in [1.29, 1.82) is 0 Å². The van der Waals surface area contributed by atoms with Crippen molar-refractivity contribution in [1.82, 2.24) is 9.55 Å². The first kappa shape index (κ1) is 29.2. The number of carbonyl (C=O) groups is 2. The summed E-state index contributed by atoms with van der Waals surface area (Å²) in [6.45, 7) is 8.81. The van der Waals surface area contributed by atoms with E-state index in [9.17, 15) is 19.2 Å². The zero-order valence-corrected chi connectivity index (χ0v) is 24.2. The molecule has 1 saturated heterocycles. The average Bonchev–Trinajstić information content (AvgIpc) is 3.20. The summed E-state index contributed by atoms with van der Waals surface area (Å²) in [7, 11) is -3.00. The van der Waals surface area contributed by atoms with Gasteiger partial charge in [-0.2, -0.15) is 0 Å². The molecule has 40 heavy (non-hydrogen) atoms. The molecule has 1 aliphatic rings. The van der Waals surface area contributed by atoms with Crippen LogP contribution in [-0.2, 0) is 28.2 Å². The first-order chi connectivity index (χ1) is 18.9. The highest BCUT2D eigenvalue weighted by Gasteiger charge is 2.54. The molecule has 2 aromatic carbocycles. The molecule has 1 N–H and O–H groups in total. The van der Waals surface area contributed by atoms with Crippen molar-refractivity contribution in [2.24, 2.45) is 0 Å². The van der Waals surface area contributed by atoms with Crippen LogP contribution < -0.4 is 21.6 Å². The van der Waals surface area contributed by atoms with Gasteiger partial charge >= 0.3 is 17.6 Å². The summed E-state index contributed by atoms with van der Waals surface area (Å²) >= 11 is 0. The molecule has 0 amide bonds. The first-order valence-corrected chi connectivity index (χ1v) is 14.9. The van der Waals surface area contributed by atoms with E-state index in [1.54, 1.807) is 0 Å². The highest BCUT2D eigenvalue weighted by atomic mass is 28.4. The fourth-order valence-electron chi connectivity index (χ4n) is 5.31. The van der Waals surface area contributed by atoms with Crippen molar-refractivity contribution < 1.29 is 28.2 Å². The van der Waals surface area contributed by atoms with Crippen molar-refractivity contribution in [3.8, 4) is 0 Å². The second-order valence-electron chi connectivity index (χ2n) is 10.7. The molecule has 0 bridgehead atoms. The first-order valence-electron chi connectivity index (χ1n) is 13.0. The Bertz CT molecular complexity index is 1410. The van der Waals surface area contributed by atoms with E-state index in [1.807, 2.05) is 60.7 Å². The van der Waals surface area contributed by atoms with Crippen LogP contribution in [0, 0.1) is 0 Å². The zero-order valence-electron chi connectivity index (χ0n) is 23.2. The lowest BCUT2D eigenvalue weighted by Crippen LogP contribution is -2.67. The number of H-pyrrole nitrogens is 1. The van der Waals surface area contributed by atoms with Gasteiger partial charge in [-0.05, 0) is 15.4 Å². The topological polar surface area (TPSA) is 126 Å². The number of hydrogen-bond acceptors (Lipinski definition) is 8. The summed E-state index contributed by atoms with van der Waals surface area (Å²) in [6.07, 6.45) is -3.08. The normalized spacial score (nSPS) is 21.1. The maximum absolute atomic E-state index is 12.7. The van der Waals surface area contributed by atoms with Crippen LogP contribution in [0.15, 0.2) is 82.5 Å². The fraction of sp³-hybridized carbons (Fsp3) is 0.379. The van der Waals surface area contributed by atoms with Gasteiger partial charge in [0.05, 0.1) is 6.61 Å². The molecule has 1 fully saturated rings. The minimum atomic E-state index is -3.00. The van der Waals surface area contributed by atoms with Gasteiger partial charge in [0.25, 0.3) is 13.9 Å². The Balaban J connectivity index is 1.79. The molecule has 10 nitrogen and oxygen atoms in total. The summed E-state index contributed by atoms with van der Waals surface area (Å²) < 4.78 is 25.5. The van der Waals surface area contributed by atoms with Gasteiger partial charge in [0.15, 0.2) is 18.4 Å². The van der Waals surface area contributed by atoms with Crippen molar-refractivity contribution in [3.05, 3.63) is 93.8 Å². The summed E-state index contributed by atoms with van der Waals surface area (Å²) in [5, 5.41) is 1.75. The molecule has 3 aromatic rings. The number of aromatic amines is 1. The number of aromatic nitrogens is 2. The van der Waals surface area contributed by atoms with Crippen molar-refractivity contribution in [2.45, 2.75) is 64.2 Å². The molecule has 0 aliphatic carbocycles. The largest absolute Gasteiger partial charge is 0.456 e. The standard InChI is InChI=1S/C29H34N2O8Si/c1-19(32)37-25-23(39-27(26(25)38-20(2)33)31-17-16-24(34)30-28(31)35)18-36-40(29(3,4)5,21-12-8-6-9-13-21)22-14-10-7-11-15-22/h6-17,23,25-27H,18H2,1-5H3,(H,30,34,35)/t23-,25-,26-,27-/m1/s1. The quantitative estimate of drug-likeness (QED) is 0.324. The monoisotopic (exact) mass is 566 g/mol. The molecule has 4 rings (SSSR count). The molecule has 0 radical (unpaired) electrons. The lowest BCUT2D eigenvalue weighted by molar-refractivity contribution is -0.165. The smallest absolute Gasteiger partial charge is 0.330 e. The van der Waals surface area contributed by atoms with Crippen LogP contribution in [0.5, 0.6) is 0 Å². The van der Waals surface area contributed by atoms with Crippen LogP contribution in [-0.4, -0.2) is 54.7 Å². The van der Waals surface area contributed by atoms with Gasteiger partial charge in [-0.1, -0.05) is 81.4 Å². The lowest BCUT2D eigenvalue weighted by Gasteiger charge is -2.43. The molecule has 4 atom stereocenters. The van der Waals surface area contributed by atoms with Gasteiger partial charge in [-0.3, -0.25) is 23.9 Å². The number of benzene rings is 2.